The van der Waals surface area contributed by atoms with Crippen molar-refractivity contribution in [3.05, 3.63) is 0 Å². The number of rotatable bonds is 6. The SMILES string of the molecule is CC(C)N(C)CCCNC(=O)C1(C)CCNCC1. The molecule has 0 aromatic rings. The van der Waals surface area contributed by atoms with Crippen molar-refractivity contribution in [1.29, 1.82) is 0 Å². The van der Waals surface area contributed by atoms with Crippen LogP contribution < -0.4 is 10.6 Å². The Morgan fingerprint density at radius 1 is 1.39 bits per heavy atom. The van der Waals surface area contributed by atoms with E-state index >= 15 is 0 Å². The van der Waals surface area contributed by atoms with E-state index in [-0.39, 0.29) is 11.3 Å². The molecule has 0 bridgehead atoms. The maximum absolute atomic E-state index is 12.1. The smallest absolute Gasteiger partial charge is 0.226 e. The highest BCUT2D eigenvalue weighted by molar-refractivity contribution is 5.82. The summed E-state index contributed by atoms with van der Waals surface area (Å²) in [5, 5.41) is 6.40. The van der Waals surface area contributed by atoms with Crippen LogP contribution in [-0.2, 0) is 4.79 Å². The van der Waals surface area contributed by atoms with Gasteiger partial charge >= 0.3 is 0 Å². The molecule has 0 saturated carbocycles. The summed E-state index contributed by atoms with van der Waals surface area (Å²) >= 11 is 0. The molecule has 1 aliphatic heterocycles. The lowest BCUT2D eigenvalue weighted by Gasteiger charge is -2.32. The largest absolute Gasteiger partial charge is 0.356 e. The number of piperidine rings is 1. The molecule has 1 saturated heterocycles. The van der Waals surface area contributed by atoms with E-state index in [1.54, 1.807) is 0 Å². The summed E-state index contributed by atoms with van der Waals surface area (Å²) in [5.74, 6) is 0.233. The Kier molecular flexibility index (Phi) is 6.09. The molecule has 4 heteroatoms. The molecule has 4 nitrogen and oxygen atoms in total. The van der Waals surface area contributed by atoms with Crippen molar-refractivity contribution in [3.63, 3.8) is 0 Å². The number of hydrogen-bond acceptors (Lipinski definition) is 3. The minimum atomic E-state index is -0.158. The second-order valence-electron chi connectivity index (χ2n) is 5.99. The van der Waals surface area contributed by atoms with Crippen molar-refractivity contribution in [2.24, 2.45) is 5.41 Å². The van der Waals surface area contributed by atoms with Crippen LogP contribution in [0.1, 0.15) is 40.0 Å². The molecule has 18 heavy (non-hydrogen) atoms. The van der Waals surface area contributed by atoms with Gasteiger partial charge in [-0.1, -0.05) is 6.92 Å². The van der Waals surface area contributed by atoms with E-state index in [0.717, 1.165) is 45.4 Å². The van der Waals surface area contributed by atoms with Gasteiger partial charge in [-0.05, 0) is 59.8 Å². The molecule has 1 rings (SSSR count). The molecule has 1 aliphatic rings. The van der Waals surface area contributed by atoms with Gasteiger partial charge in [-0.2, -0.15) is 0 Å². The minimum absolute atomic E-state index is 0.158. The van der Waals surface area contributed by atoms with Crippen molar-refractivity contribution in [2.45, 2.75) is 46.1 Å². The topological polar surface area (TPSA) is 44.4 Å². The summed E-state index contributed by atoms with van der Waals surface area (Å²) in [4.78, 5) is 14.4. The summed E-state index contributed by atoms with van der Waals surface area (Å²) in [7, 11) is 2.13. The van der Waals surface area contributed by atoms with Crippen LogP contribution in [0, 0.1) is 5.41 Å². The van der Waals surface area contributed by atoms with Gasteiger partial charge in [-0.3, -0.25) is 4.79 Å². The molecule has 0 aromatic carbocycles. The highest BCUT2D eigenvalue weighted by Gasteiger charge is 2.33. The Labute approximate surface area is 111 Å². The van der Waals surface area contributed by atoms with Gasteiger partial charge in [0, 0.05) is 18.0 Å². The van der Waals surface area contributed by atoms with E-state index in [4.69, 9.17) is 0 Å². The van der Waals surface area contributed by atoms with Crippen LogP contribution in [0.15, 0.2) is 0 Å². The molecule has 2 N–H and O–H groups in total. The van der Waals surface area contributed by atoms with Gasteiger partial charge in [0.1, 0.15) is 0 Å². The second kappa shape index (κ2) is 7.10. The van der Waals surface area contributed by atoms with E-state index in [2.05, 4.69) is 43.4 Å². The third-order valence-electron chi connectivity index (χ3n) is 4.11. The van der Waals surface area contributed by atoms with Gasteiger partial charge in [-0.25, -0.2) is 0 Å². The molecule has 1 fully saturated rings. The second-order valence-corrected chi connectivity index (χ2v) is 5.99. The lowest BCUT2D eigenvalue weighted by atomic mass is 9.80. The van der Waals surface area contributed by atoms with Crippen LogP contribution in [-0.4, -0.2) is 50.1 Å². The molecule has 0 aromatic heterocycles. The molecule has 0 spiro atoms. The minimum Gasteiger partial charge on any atom is -0.356 e. The fraction of sp³-hybridized carbons (Fsp3) is 0.929. The molecule has 1 amide bonds. The Morgan fingerprint density at radius 2 is 2.00 bits per heavy atom. The predicted molar refractivity (Wildman–Crippen MR) is 75.6 cm³/mol. The van der Waals surface area contributed by atoms with Crippen LogP contribution in [0.25, 0.3) is 0 Å². The quantitative estimate of drug-likeness (QED) is 0.702. The highest BCUT2D eigenvalue weighted by atomic mass is 16.2. The zero-order valence-corrected chi connectivity index (χ0v) is 12.4. The molecule has 0 aliphatic carbocycles. The van der Waals surface area contributed by atoms with E-state index in [0.29, 0.717) is 6.04 Å². The molecule has 0 radical (unpaired) electrons. The van der Waals surface area contributed by atoms with Gasteiger partial charge in [0.05, 0.1) is 0 Å². The molecular formula is C14H29N3O. The van der Waals surface area contributed by atoms with Crippen molar-refractivity contribution < 1.29 is 4.79 Å². The lowest BCUT2D eigenvalue weighted by Crippen LogP contribution is -2.46. The van der Waals surface area contributed by atoms with Crippen LogP contribution in [0.5, 0.6) is 0 Å². The Hall–Kier alpha value is -0.610. The van der Waals surface area contributed by atoms with Crippen LogP contribution >= 0.6 is 0 Å². The third-order valence-corrected chi connectivity index (χ3v) is 4.11. The monoisotopic (exact) mass is 255 g/mol. The van der Waals surface area contributed by atoms with Crippen LogP contribution in [0.4, 0.5) is 0 Å². The van der Waals surface area contributed by atoms with Gasteiger partial charge in [0.25, 0.3) is 0 Å². The van der Waals surface area contributed by atoms with Gasteiger partial charge in [0.2, 0.25) is 5.91 Å². The van der Waals surface area contributed by atoms with Gasteiger partial charge in [-0.15, -0.1) is 0 Å². The van der Waals surface area contributed by atoms with E-state index in [9.17, 15) is 4.79 Å². The molecule has 0 unspecified atom stereocenters. The summed E-state index contributed by atoms with van der Waals surface area (Å²) in [6.45, 7) is 10.2. The third kappa shape index (κ3) is 4.58. The number of hydrogen-bond donors (Lipinski definition) is 2. The van der Waals surface area contributed by atoms with E-state index < -0.39 is 0 Å². The standard InChI is InChI=1S/C14H29N3O/c1-12(2)17(4)11-5-8-16-13(18)14(3)6-9-15-10-7-14/h12,15H,5-11H2,1-4H3,(H,16,18). The zero-order chi connectivity index (χ0) is 13.6. The fourth-order valence-electron chi connectivity index (χ4n) is 2.21. The first-order valence-corrected chi connectivity index (χ1v) is 7.15. The Morgan fingerprint density at radius 3 is 2.56 bits per heavy atom. The summed E-state index contributed by atoms with van der Waals surface area (Å²) in [5.41, 5.74) is -0.158. The van der Waals surface area contributed by atoms with Crippen molar-refractivity contribution in [1.82, 2.24) is 15.5 Å². The molecule has 1 heterocycles. The first kappa shape index (κ1) is 15.4. The van der Waals surface area contributed by atoms with Crippen molar-refractivity contribution in [2.75, 3.05) is 33.2 Å². The lowest BCUT2D eigenvalue weighted by molar-refractivity contribution is -0.131. The fourth-order valence-corrected chi connectivity index (χ4v) is 2.21. The Balaban J connectivity index is 2.20. The summed E-state index contributed by atoms with van der Waals surface area (Å²) < 4.78 is 0. The van der Waals surface area contributed by atoms with Crippen LogP contribution in [0.3, 0.4) is 0 Å². The van der Waals surface area contributed by atoms with E-state index in [1.165, 1.54) is 0 Å². The normalized spacial score (nSPS) is 19.2. The summed E-state index contributed by atoms with van der Waals surface area (Å²) in [6, 6.07) is 0.572. The van der Waals surface area contributed by atoms with Crippen molar-refractivity contribution in [3.8, 4) is 0 Å². The molecule has 0 atom stereocenters. The summed E-state index contributed by atoms with van der Waals surface area (Å²) in [6.07, 6.45) is 2.92. The number of nitrogens with one attached hydrogen (secondary N) is 2. The first-order valence-electron chi connectivity index (χ1n) is 7.15. The average molecular weight is 255 g/mol. The van der Waals surface area contributed by atoms with Crippen LogP contribution in [0.2, 0.25) is 0 Å². The number of amides is 1. The number of carbonyl (C=O) groups is 1. The first-order chi connectivity index (χ1) is 8.46. The number of carbonyl (C=O) groups excluding carboxylic acids is 1. The zero-order valence-electron chi connectivity index (χ0n) is 12.4. The van der Waals surface area contributed by atoms with Gasteiger partial charge < -0.3 is 15.5 Å². The number of nitrogens with zero attached hydrogens (tertiary/aromatic N) is 1. The maximum atomic E-state index is 12.1. The average Bonchev–Trinajstić information content (AvgIpc) is 2.34. The predicted octanol–water partition coefficient (Wildman–Crippen LogP) is 1.22. The van der Waals surface area contributed by atoms with Gasteiger partial charge in [0.15, 0.2) is 0 Å². The maximum Gasteiger partial charge on any atom is 0.226 e. The van der Waals surface area contributed by atoms with E-state index in [1.807, 2.05) is 0 Å². The van der Waals surface area contributed by atoms with Crippen molar-refractivity contribution >= 4 is 5.91 Å². The Bertz CT molecular complexity index is 260. The molecular weight excluding hydrogens is 226 g/mol. The highest BCUT2D eigenvalue weighted by Crippen LogP contribution is 2.27. The molecule has 106 valence electrons.